The maximum atomic E-state index is 15.4. The van der Waals surface area contributed by atoms with E-state index in [1.807, 2.05) is 13.8 Å². The lowest BCUT2D eigenvalue weighted by atomic mass is 10.0. The molecule has 0 saturated heterocycles. The summed E-state index contributed by atoms with van der Waals surface area (Å²) in [5.74, 6) is -1.48. The van der Waals surface area contributed by atoms with Crippen molar-refractivity contribution in [3.05, 3.63) is 88.0 Å². The molecule has 0 aliphatic carbocycles. The lowest BCUT2D eigenvalue weighted by Gasteiger charge is -2.28. The average Bonchev–Trinajstić information content (AvgIpc) is 3.24. The van der Waals surface area contributed by atoms with Gasteiger partial charge in [0.05, 0.1) is 29.7 Å². The zero-order chi connectivity index (χ0) is 34.2. The number of amides is 4. The first-order valence-electron chi connectivity index (χ1n) is 15.8. The Morgan fingerprint density at radius 3 is 2.54 bits per heavy atom. The molecule has 4 amide bonds. The number of aliphatic imine (C=N–C) groups is 1. The number of benzene rings is 2. The fourth-order valence-corrected chi connectivity index (χ4v) is 5.64. The molecule has 0 atom stereocenters. The molecule has 3 aromatic rings. The molecular weight excluding hydrogens is 617 g/mol. The molecule has 0 bridgehead atoms. The van der Waals surface area contributed by atoms with Crippen molar-refractivity contribution in [1.82, 2.24) is 14.8 Å². The van der Waals surface area contributed by atoms with Gasteiger partial charge in [-0.25, -0.2) is 14.2 Å². The minimum atomic E-state index is -0.779. The minimum Gasteiger partial charge on any atom is -0.445 e. The smallest absolute Gasteiger partial charge is 0.410 e. The zero-order valence-corrected chi connectivity index (χ0v) is 26.9. The fraction of sp³-hybridized carbons (Fsp3) is 0.314. The van der Waals surface area contributed by atoms with E-state index in [0.29, 0.717) is 55.0 Å². The van der Waals surface area contributed by atoms with Gasteiger partial charge in [0.25, 0.3) is 5.91 Å². The van der Waals surface area contributed by atoms with Crippen LogP contribution in [0, 0.1) is 5.82 Å². The number of nitrogens with one attached hydrogen (secondary N) is 2. The number of carbonyl (C=O) groups excluding carboxylic acids is 4. The van der Waals surface area contributed by atoms with E-state index >= 15 is 4.39 Å². The molecule has 0 radical (unpaired) electrons. The third kappa shape index (κ3) is 8.03. The Kier molecular flexibility index (Phi) is 10.8. The van der Waals surface area contributed by atoms with E-state index in [1.165, 1.54) is 18.3 Å². The number of amidine groups is 1. The van der Waals surface area contributed by atoms with E-state index in [1.54, 1.807) is 46.2 Å². The summed E-state index contributed by atoms with van der Waals surface area (Å²) in [6.07, 6.45) is 5.38. The van der Waals surface area contributed by atoms with Crippen LogP contribution < -0.4 is 16.4 Å². The van der Waals surface area contributed by atoms with Crippen molar-refractivity contribution >= 4 is 53.3 Å². The van der Waals surface area contributed by atoms with Crippen LogP contribution in [0.25, 0.3) is 6.08 Å². The summed E-state index contributed by atoms with van der Waals surface area (Å²) in [5, 5.41) is 5.25. The average molecular weight is 656 g/mol. The van der Waals surface area contributed by atoms with Crippen molar-refractivity contribution in [2.45, 2.75) is 52.7 Å². The topological polar surface area (TPSA) is 159 Å². The van der Waals surface area contributed by atoms with Gasteiger partial charge in [-0.2, -0.15) is 0 Å². The van der Waals surface area contributed by atoms with Gasteiger partial charge in [-0.15, -0.1) is 0 Å². The molecule has 0 spiro atoms. The number of hydrogen-bond acceptors (Lipinski definition) is 8. The highest BCUT2D eigenvalue weighted by Crippen LogP contribution is 2.31. The van der Waals surface area contributed by atoms with Crippen LogP contribution in [0.5, 0.6) is 0 Å². The Balaban J connectivity index is 1.27. The van der Waals surface area contributed by atoms with E-state index in [-0.39, 0.29) is 42.6 Å². The van der Waals surface area contributed by atoms with Gasteiger partial charge < -0.3 is 30.9 Å². The predicted molar refractivity (Wildman–Crippen MR) is 180 cm³/mol. The van der Waals surface area contributed by atoms with E-state index in [0.717, 1.165) is 29.7 Å². The summed E-state index contributed by atoms with van der Waals surface area (Å²) < 4.78 is 20.9. The lowest BCUT2D eigenvalue weighted by molar-refractivity contribution is -0.127. The molecule has 4 N–H and O–H groups in total. The Bertz CT molecular complexity index is 1770. The van der Waals surface area contributed by atoms with Gasteiger partial charge in [-0.05, 0) is 60.4 Å². The normalized spacial score (nSPS) is 13.6. The van der Waals surface area contributed by atoms with Crippen LogP contribution in [0.1, 0.15) is 65.9 Å². The third-order valence-electron chi connectivity index (χ3n) is 7.97. The van der Waals surface area contributed by atoms with Gasteiger partial charge in [0.15, 0.2) is 0 Å². The van der Waals surface area contributed by atoms with Crippen LogP contribution in [0.3, 0.4) is 0 Å². The molecule has 13 heteroatoms. The number of ether oxygens (including phenoxy) is 1. The van der Waals surface area contributed by atoms with Crippen molar-refractivity contribution in [2.24, 2.45) is 10.7 Å². The number of anilines is 2. The molecule has 0 saturated carbocycles. The standard InChI is InChI=1S/C35H38FN7O5/c1-3-10-42(11-4-2)34(46)24-13-23-15-29(36)28(17-31(23)41-32(37)16-24)33(45)40-27-14-25-19-43(12-9-30(25)38-18-27)35(47)48-20-22-5-7-26(8-6-22)39-21-44/h5-8,13-15,17-18,21H,3-4,9-12,16,19-20H2,1-2H3,(H2,37,41)(H,39,44)(H,40,45). The quantitative estimate of drug-likeness (QED) is 0.241. The first kappa shape index (κ1) is 33.8. The number of carbonyl (C=O) groups is 4. The van der Waals surface area contributed by atoms with Gasteiger partial charge >= 0.3 is 6.09 Å². The minimum absolute atomic E-state index is 0.0590. The summed E-state index contributed by atoms with van der Waals surface area (Å²) >= 11 is 0. The van der Waals surface area contributed by atoms with Gasteiger partial charge in [0.2, 0.25) is 12.3 Å². The SMILES string of the molecule is CCCN(CCC)C(=O)C1=Cc2cc(F)c(C(=O)Nc3cnc4c(c3)CN(C(=O)OCc3ccc(NC=O)cc3)CC4)cc2N=C(N)C1. The molecule has 5 rings (SSSR count). The number of fused-ring (bicyclic) bond motifs is 2. The Hall–Kier alpha value is -5.59. The molecule has 250 valence electrons. The van der Waals surface area contributed by atoms with Crippen LogP contribution in [-0.2, 0) is 33.9 Å². The van der Waals surface area contributed by atoms with Crippen LogP contribution in [0.4, 0.5) is 26.2 Å². The number of pyridine rings is 1. The zero-order valence-electron chi connectivity index (χ0n) is 26.9. The van der Waals surface area contributed by atoms with E-state index in [9.17, 15) is 19.2 Å². The first-order valence-corrected chi connectivity index (χ1v) is 15.8. The summed E-state index contributed by atoms with van der Waals surface area (Å²) in [4.78, 5) is 62.1. The maximum Gasteiger partial charge on any atom is 0.410 e. The second kappa shape index (κ2) is 15.3. The Morgan fingerprint density at radius 1 is 1.08 bits per heavy atom. The number of nitrogens with zero attached hydrogens (tertiary/aromatic N) is 4. The molecule has 2 aliphatic rings. The van der Waals surface area contributed by atoms with Gasteiger partial charge in [0.1, 0.15) is 18.3 Å². The van der Waals surface area contributed by atoms with Crippen LogP contribution in [-0.4, -0.2) is 64.6 Å². The number of hydrogen-bond donors (Lipinski definition) is 3. The van der Waals surface area contributed by atoms with Crippen LogP contribution in [0.2, 0.25) is 0 Å². The van der Waals surface area contributed by atoms with Crippen LogP contribution in [0.15, 0.2) is 59.2 Å². The molecule has 2 aromatic carbocycles. The first-order chi connectivity index (χ1) is 23.2. The summed E-state index contributed by atoms with van der Waals surface area (Å²) in [7, 11) is 0. The van der Waals surface area contributed by atoms with Crippen molar-refractivity contribution in [3.63, 3.8) is 0 Å². The molecule has 1 aromatic heterocycles. The van der Waals surface area contributed by atoms with Crippen molar-refractivity contribution < 1.29 is 28.3 Å². The molecule has 12 nitrogen and oxygen atoms in total. The van der Waals surface area contributed by atoms with Gasteiger partial charge in [0, 0.05) is 55.0 Å². The summed E-state index contributed by atoms with van der Waals surface area (Å²) in [6, 6.07) is 11.1. The maximum absolute atomic E-state index is 15.4. The molecule has 3 heterocycles. The number of nitrogens with two attached hydrogens (primary N) is 1. The van der Waals surface area contributed by atoms with E-state index in [4.69, 9.17) is 10.5 Å². The predicted octanol–water partition coefficient (Wildman–Crippen LogP) is 5.16. The number of rotatable bonds is 11. The second-order valence-corrected chi connectivity index (χ2v) is 11.6. The largest absolute Gasteiger partial charge is 0.445 e. The van der Waals surface area contributed by atoms with Gasteiger partial charge in [-0.1, -0.05) is 26.0 Å². The van der Waals surface area contributed by atoms with E-state index in [2.05, 4.69) is 20.6 Å². The highest BCUT2D eigenvalue weighted by atomic mass is 19.1. The van der Waals surface area contributed by atoms with Gasteiger partial charge in [-0.3, -0.25) is 19.4 Å². The lowest BCUT2D eigenvalue weighted by Crippen LogP contribution is -2.36. The van der Waals surface area contributed by atoms with Crippen molar-refractivity contribution in [3.8, 4) is 0 Å². The highest BCUT2D eigenvalue weighted by Gasteiger charge is 2.25. The number of aromatic nitrogens is 1. The Labute approximate surface area is 277 Å². The van der Waals surface area contributed by atoms with Crippen molar-refractivity contribution in [2.75, 3.05) is 30.3 Å². The highest BCUT2D eigenvalue weighted by molar-refractivity contribution is 6.08. The summed E-state index contributed by atoms with van der Waals surface area (Å²) in [5.41, 5.74) is 10.2. The van der Waals surface area contributed by atoms with E-state index < -0.39 is 17.8 Å². The fourth-order valence-electron chi connectivity index (χ4n) is 5.64. The Morgan fingerprint density at radius 2 is 1.83 bits per heavy atom. The monoisotopic (exact) mass is 655 g/mol. The molecule has 0 unspecified atom stereocenters. The molecule has 2 aliphatic heterocycles. The third-order valence-corrected chi connectivity index (χ3v) is 7.97. The second-order valence-electron chi connectivity index (χ2n) is 11.6. The summed E-state index contributed by atoms with van der Waals surface area (Å²) in [6.45, 7) is 5.87. The number of halogens is 1. The van der Waals surface area contributed by atoms with Crippen molar-refractivity contribution in [1.29, 1.82) is 0 Å². The van der Waals surface area contributed by atoms with Crippen LogP contribution >= 0.6 is 0 Å². The molecule has 0 fully saturated rings. The molecular formula is C35H38FN7O5. The molecule has 48 heavy (non-hydrogen) atoms.